The fourth-order valence-corrected chi connectivity index (χ4v) is 3.44. The SMILES string of the molecule is COc1ccc(CNC(=O)Nc2ccc(CC(=O)N3CCC[C@H]3C(N)=O)cc2)cc1. The number of benzene rings is 2. The number of primary amides is 1. The summed E-state index contributed by atoms with van der Waals surface area (Å²) in [6.07, 6.45) is 1.59. The maximum Gasteiger partial charge on any atom is 0.319 e. The Hall–Kier alpha value is -3.55. The molecule has 4 amide bonds. The molecule has 0 aromatic heterocycles. The summed E-state index contributed by atoms with van der Waals surface area (Å²) in [5, 5.41) is 5.55. The summed E-state index contributed by atoms with van der Waals surface area (Å²) in [6, 6.07) is 13.7. The number of rotatable bonds is 7. The normalized spacial score (nSPS) is 15.5. The van der Waals surface area contributed by atoms with Gasteiger partial charge in [0.25, 0.3) is 0 Å². The van der Waals surface area contributed by atoms with Crippen LogP contribution in [0.3, 0.4) is 0 Å². The molecule has 2 aromatic rings. The van der Waals surface area contributed by atoms with E-state index in [-0.39, 0.29) is 18.4 Å². The van der Waals surface area contributed by atoms with Crippen molar-refractivity contribution in [1.82, 2.24) is 10.2 Å². The number of ether oxygens (including phenoxy) is 1. The number of hydrogen-bond donors (Lipinski definition) is 3. The average molecular weight is 410 g/mol. The second kappa shape index (κ2) is 9.78. The minimum atomic E-state index is -0.507. The van der Waals surface area contributed by atoms with Gasteiger partial charge in [-0.3, -0.25) is 9.59 Å². The Bertz CT molecular complexity index is 896. The van der Waals surface area contributed by atoms with Crippen molar-refractivity contribution in [1.29, 1.82) is 0 Å². The van der Waals surface area contributed by atoms with Crippen LogP contribution in [0, 0.1) is 0 Å². The summed E-state index contributed by atoms with van der Waals surface area (Å²) in [6.45, 7) is 0.944. The zero-order valence-corrected chi connectivity index (χ0v) is 16.9. The summed E-state index contributed by atoms with van der Waals surface area (Å²) < 4.78 is 5.11. The van der Waals surface area contributed by atoms with Gasteiger partial charge in [0.15, 0.2) is 0 Å². The molecule has 0 unspecified atom stereocenters. The molecule has 8 heteroatoms. The third-order valence-electron chi connectivity index (χ3n) is 5.08. The van der Waals surface area contributed by atoms with Gasteiger partial charge < -0.3 is 26.0 Å². The molecule has 0 spiro atoms. The largest absolute Gasteiger partial charge is 0.497 e. The van der Waals surface area contributed by atoms with Crippen LogP contribution >= 0.6 is 0 Å². The van der Waals surface area contributed by atoms with Crippen molar-refractivity contribution in [3.05, 3.63) is 59.7 Å². The van der Waals surface area contributed by atoms with Crippen molar-refractivity contribution < 1.29 is 19.1 Å². The number of nitrogens with two attached hydrogens (primary N) is 1. The van der Waals surface area contributed by atoms with Gasteiger partial charge in [0.2, 0.25) is 11.8 Å². The van der Waals surface area contributed by atoms with Crippen LogP contribution in [-0.4, -0.2) is 42.4 Å². The van der Waals surface area contributed by atoms with Crippen LogP contribution in [0.5, 0.6) is 5.75 Å². The van der Waals surface area contributed by atoms with Crippen molar-refractivity contribution in [2.75, 3.05) is 19.0 Å². The number of likely N-dealkylation sites (tertiary alicyclic amines) is 1. The van der Waals surface area contributed by atoms with Crippen LogP contribution in [0.1, 0.15) is 24.0 Å². The summed E-state index contributed by atoms with van der Waals surface area (Å²) in [7, 11) is 1.60. The second-order valence-corrected chi connectivity index (χ2v) is 7.18. The Morgan fingerprint density at radius 1 is 1.07 bits per heavy atom. The summed E-state index contributed by atoms with van der Waals surface area (Å²) >= 11 is 0. The molecule has 1 aliphatic heterocycles. The highest BCUT2D eigenvalue weighted by Crippen LogP contribution is 2.19. The van der Waals surface area contributed by atoms with Gasteiger partial charge in [0.05, 0.1) is 13.5 Å². The van der Waals surface area contributed by atoms with Gasteiger partial charge in [0.1, 0.15) is 11.8 Å². The van der Waals surface area contributed by atoms with E-state index in [1.54, 1.807) is 36.3 Å². The zero-order valence-electron chi connectivity index (χ0n) is 16.9. The molecule has 158 valence electrons. The van der Waals surface area contributed by atoms with Crippen LogP contribution in [0.2, 0.25) is 0 Å². The summed E-state index contributed by atoms with van der Waals surface area (Å²) in [4.78, 5) is 37.6. The van der Waals surface area contributed by atoms with Gasteiger partial charge in [-0.25, -0.2) is 4.79 Å². The number of amides is 4. The summed E-state index contributed by atoms with van der Waals surface area (Å²) in [5.74, 6) is 0.187. The Balaban J connectivity index is 1.48. The first kappa shape index (κ1) is 21.2. The molecular weight excluding hydrogens is 384 g/mol. The molecule has 8 nitrogen and oxygen atoms in total. The van der Waals surface area contributed by atoms with Crippen LogP contribution in [0.4, 0.5) is 10.5 Å². The van der Waals surface area contributed by atoms with Crippen molar-refractivity contribution in [3.63, 3.8) is 0 Å². The first-order chi connectivity index (χ1) is 14.5. The molecule has 4 N–H and O–H groups in total. The minimum Gasteiger partial charge on any atom is -0.497 e. The minimum absolute atomic E-state index is 0.116. The lowest BCUT2D eigenvalue weighted by Gasteiger charge is -2.22. The monoisotopic (exact) mass is 410 g/mol. The van der Waals surface area contributed by atoms with E-state index >= 15 is 0 Å². The van der Waals surface area contributed by atoms with Crippen molar-refractivity contribution in [3.8, 4) is 5.75 Å². The standard InChI is InChI=1S/C22H26N4O4/c1-30-18-10-6-16(7-11-18)14-24-22(29)25-17-8-4-15(5-9-17)13-20(27)26-12-2-3-19(26)21(23)28/h4-11,19H,2-3,12-14H2,1H3,(H2,23,28)(H2,24,25,29)/t19-/m0/s1. The number of nitrogens with zero attached hydrogens (tertiary/aromatic N) is 1. The molecule has 0 saturated carbocycles. The highest BCUT2D eigenvalue weighted by Gasteiger charge is 2.32. The van der Waals surface area contributed by atoms with E-state index in [2.05, 4.69) is 10.6 Å². The number of methoxy groups -OCH3 is 1. The maximum absolute atomic E-state index is 12.5. The lowest BCUT2D eigenvalue weighted by atomic mass is 10.1. The number of carbonyl (C=O) groups is 3. The number of nitrogens with one attached hydrogen (secondary N) is 2. The van der Waals surface area contributed by atoms with Crippen molar-refractivity contribution in [2.45, 2.75) is 31.8 Å². The quantitative estimate of drug-likeness (QED) is 0.648. The maximum atomic E-state index is 12.5. The molecule has 1 fully saturated rings. The Labute approximate surface area is 175 Å². The molecule has 0 radical (unpaired) electrons. The first-order valence-electron chi connectivity index (χ1n) is 9.82. The molecular formula is C22H26N4O4. The zero-order chi connectivity index (χ0) is 21.5. The van der Waals surface area contributed by atoms with E-state index in [0.717, 1.165) is 23.3 Å². The lowest BCUT2D eigenvalue weighted by molar-refractivity contribution is -0.136. The number of urea groups is 1. The van der Waals surface area contributed by atoms with Crippen LogP contribution in [0.15, 0.2) is 48.5 Å². The Morgan fingerprint density at radius 2 is 1.73 bits per heavy atom. The number of hydrogen-bond acceptors (Lipinski definition) is 4. The molecule has 3 rings (SSSR count). The van der Waals surface area contributed by atoms with Crippen LogP contribution < -0.4 is 21.1 Å². The molecule has 30 heavy (non-hydrogen) atoms. The summed E-state index contributed by atoms with van der Waals surface area (Å²) in [5.41, 5.74) is 7.76. The average Bonchev–Trinajstić information content (AvgIpc) is 3.24. The van der Waals surface area contributed by atoms with E-state index in [9.17, 15) is 14.4 Å². The Morgan fingerprint density at radius 3 is 2.37 bits per heavy atom. The fourth-order valence-electron chi connectivity index (χ4n) is 3.44. The van der Waals surface area contributed by atoms with Crippen LogP contribution in [-0.2, 0) is 22.6 Å². The molecule has 1 saturated heterocycles. The predicted octanol–water partition coefficient (Wildman–Crippen LogP) is 2.04. The lowest BCUT2D eigenvalue weighted by Crippen LogP contribution is -2.44. The Kier molecular flexibility index (Phi) is 6.90. The number of anilines is 1. The third kappa shape index (κ3) is 5.50. The van der Waals surface area contributed by atoms with E-state index in [1.165, 1.54) is 0 Å². The van der Waals surface area contributed by atoms with E-state index in [1.807, 2.05) is 24.3 Å². The molecule has 1 atom stereocenters. The van der Waals surface area contributed by atoms with E-state index in [0.29, 0.717) is 25.2 Å². The molecule has 0 aliphatic carbocycles. The topological polar surface area (TPSA) is 114 Å². The van der Waals surface area contributed by atoms with Gasteiger partial charge in [-0.05, 0) is 48.2 Å². The van der Waals surface area contributed by atoms with Gasteiger partial charge in [-0.1, -0.05) is 24.3 Å². The third-order valence-corrected chi connectivity index (χ3v) is 5.08. The highest BCUT2D eigenvalue weighted by atomic mass is 16.5. The molecule has 1 aliphatic rings. The smallest absolute Gasteiger partial charge is 0.319 e. The van der Waals surface area contributed by atoms with Gasteiger partial charge >= 0.3 is 6.03 Å². The molecule has 0 bridgehead atoms. The molecule has 1 heterocycles. The fraction of sp³-hybridized carbons (Fsp3) is 0.318. The van der Waals surface area contributed by atoms with Crippen molar-refractivity contribution >= 4 is 23.5 Å². The highest BCUT2D eigenvalue weighted by molar-refractivity contribution is 5.90. The van der Waals surface area contributed by atoms with E-state index in [4.69, 9.17) is 10.5 Å². The molecule has 2 aromatic carbocycles. The number of carbonyl (C=O) groups excluding carboxylic acids is 3. The van der Waals surface area contributed by atoms with Gasteiger partial charge in [-0.2, -0.15) is 0 Å². The van der Waals surface area contributed by atoms with E-state index < -0.39 is 11.9 Å². The predicted molar refractivity (Wildman–Crippen MR) is 113 cm³/mol. The van der Waals surface area contributed by atoms with Crippen LogP contribution in [0.25, 0.3) is 0 Å². The first-order valence-corrected chi connectivity index (χ1v) is 9.82. The second-order valence-electron chi connectivity index (χ2n) is 7.18. The van der Waals surface area contributed by atoms with Gasteiger partial charge in [0, 0.05) is 18.8 Å². The van der Waals surface area contributed by atoms with Crippen molar-refractivity contribution in [2.24, 2.45) is 5.73 Å². The van der Waals surface area contributed by atoms with Gasteiger partial charge in [-0.15, -0.1) is 0 Å².